The number of hydrogen-bond acceptors (Lipinski definition) is 8. The lowest BCUT2D eigenvalue weighted by Crippen LogP contribution is -2.14. The summed E-state index contributed by atoms with van der Waals surface area (Å²) in [5.74, 6) is 0.630. The number of methoxy groups -OCH3 is 3. The first-order chi connectivity index (χ1) is 14.9. The highest BCUT2D eigenvalue weighted by Crippen LogP contribution is 2.40. The highest BCUT2D eigenvalue weighted by molar-refractivity contribution is 7.84. The van der Waals surface area contributed by atoms with Crippen LogP contribution in [0.5, 0.6) is 17.2 Å². The van der Waals surface area contributed by atoms with Gasteiger partial charge in [0.1, 0.15) is 0 Å². The van der Waals surface area contributed by atoms with Crippen LogP contribution in [0.15, 0.2) is 42.6 Å². The van der Waals surface area contributed by atoms with Crippen molar-refractivity contribution in [2.24, 2.45) is 5.14 Å². The molecular formula is C19H21FN6O4S. The molecule has 0 aliphatic heterocycles. The second-order valence-electron chi connectivity index (χ2n) is 6.00. The normalized spacial score (nSPS) is 11.4. The van der Waals surface area contributed by atoms with Gasteiger partial charge in [-0.15, -0.1) is 0 Å². The largest absolute Gasteiger partial charge is 0.493 e. The van der Waals surface area contributed by atoms with Crippen LogP contribution >= 0.6 is 0 Å². The number of nitrogens with zero attached hydrogens (tertiary/aromatic N) is 2. The molecule has 0 amide bonds. The van der Waals surface area contributed by atoms with Crippen molar-refractivity contribution in [3.8, 4) is 17.2 Å². The van der Waals surface area contributed by atoms with Gasteiger partial charge in [0.15, 0.2) is 34.3 Å². The molecule has 3 rings (SSSR count). The maximum Gasteiger partial charge on any atom is 0.229 e. The number of ether oxygens (including phenoxy) is 3. The summed E-state index contributed by atoms with van der Waals surface area (Å²) in [4.78, 5) is 8.15. The van der Waals surface area contributed by atoms with E-state index in [2.05, 4.69) is 25.3 Å². The summed E-state index contributed by atoms with van der Waals surface area (Å²) < 4.78 is 44.2. The van der Waals surface area contributed by atoms with Crippen molar-refractivity contribution in [3.63, 3.8) is 0 Å². The Hall–Kier alpha value is -3.64. The Morgan fingerprint density at radius 1 is 1.00 bits per heavy atom. The van der Waals surface area contributed by atoms with Crippen molar-refractivity contribution in [1.29, 1.82) is 0 Å². The first kappa shape index (κ1) is 22.1. The molecule has 0 fully saturated rings. The smallest absolute Gasteiger partial charge is 0.229 e. The van der Waals surface area contributed by atoms with Gasteiger partial charge < -0.3 is 24.8 Å². The minimum absolute atomic E-state index is 0.0954. The quantitative estimate of drug-likeness (QED) is 0.393. The summed E-state index contributed by atoms with van der Waals surface area (Å²) in [6, 6.07) is 10.1. The van der Waals surface area contributed by atoms with Crippen LogP contribution in [-0.2, 0) is 11.2 Å². The summed E-state index contributed by atoms with van der Waals surface area (Å²) in [7, 11) is 4.50. The van der Waals surface area contributed by atoms with Gasteiger partial charge in [0.25, 0.3) is 0 Å². The molecule has 10 nitrogen and oxygen atoms in total. The Balaban J connectivity index is 1.90. The minimum Gasteiger partial charge on any atom is -0.493 e. The second kappa shape index (κ2) is 9.91. The molecule has 0 aliphatic rings. The molecule has 0 radical (unpaired) electrons. The first-order valence-corrected chi connectivity index (χ1v) is 10.0. The van der Waals surface area contributed by atoms with Crippen molar-refractivity contribution in [3.05, 3.63) is 48.4 Å². The average Bonchev–Trinajstić information content (AvgIpc) is 2.76. The van der Waals surface area contributed by atoms with Crippen LogP contribution in [0.2, 0.25) is 0 Å². The van der Waals surface area contributed by atoms with Gasteiger partial charge in [0.05, 0.1) is 38.9 Å². The topological polar surface area (TPSA) is 133 Å². The molecule has 0 saturated carbocycles. The van der Waals surface area contributed by atoms with Crippen LogP contribution in [0.1, 0.15) is 0 Å². The Labute approximate surface area is 180 Å². The van der Waals surface area contributed by atoms with Crippen molar-refractivity contribution in [1.82, 2.24) is 9.97 Å². The van der Waals surface area contributed by atoms with Crippen LogP contribution < -0.4 is 34.7 Å². The van der Waals surface area contributed by atoms with Gasteiger partial charge in [-0.2, -0.15) is 4.98 Å². The van der Waals surface area contributed by atoms with Gasteiger partial charge in [-0.05, 0) is 12.1 Å². The van der Waals surface area contributed by atoms with Crippen LogP contribution in [0.3, 0.4) is 0 Å². The lowest BCUT2D eigenvalue weighted by molar-refractivity contribution is 0.324. The number of anilines is 5. The van der Waals surface area contributed by atoms with E-state index in [0.29, 0.717) is 34.3 Å². The summed E-state index contributed by atoms with van der Waals surface area (Å²) in [6.45, 7) is 0. The van der Waals surface area contributed by atoms with Crippen molar-refractivity contribution < 1.29 is 22.8 Å². The van der Waals surface area contributed by atoms with Gasteiger partial charge in [-0.25, -0.2) is 18.7 Å². The fourth-order valence-corrected chi connectivity index (χ4v) is 3.11. The molecule has 3 aromatic rings. The Kier molecular flexibility index (Phi) is 7.05. The van der Waals surface area contributed by atoms with E-state index in [0.717, 1.165) is 6.20 Å². The third kappa shape index (κ3) is 5.29. The van der Waals surface area contributed by atoms with E-state index in [1.807, 2.05) is 0 Å². The number of nitrogens with two attached hydrogens (primary N) is 1. The fourth-order valence-electron chi connectivity index (χ4n) is 2.71. The van der Waals surface area contributed by atoms with Gasteiger partial charge in [-0.3, -0.25) is 4.72 Å². The maximum atomic E-state index is 14.3. The lowest BCUT2D eigenvalue weighted by atomic mass is 10.2. The van der Waals surface area contributed by atoms with Gasteiger partial charge in [-0.1, -0.05) is 12.1 Å². The third-order valence-electron chi connectivity index (χ3n) is 4.06. The zero-order valence-electron chi connectivity index (χ0n) is 16.9. The fraction of sp³-hybridized carbons (Fsp3) is 0.158. The van der Waals surface area contributed by atoms with Gasteiger partial charge >= 0.3 is 0 Å². The Bertz CT molecular complexity index is 1080. The number of halogens is 1. The molecule has 0 aliphatic carbocycles. The van der Waals surface area contributed by atoms with Crippen LogP contribution in [0.4, 0.5) is 33.2 Å². The van der Waals surface area contributed by atoms with E-state index in [1.165, 1.54) is 21.3 Å². The molecule has 1 heterocycles. The number of para-hydroxylation sites is 2. The molecule has 1 unspecified atom stereocenters. The molecule has 0 bridgehead atoms. The van der Waals surface area contributed by atoms with Crippen LogP contribution in [0.25, 0.3) is 0 Å². The molecule has 31 heavy (non-hydrogen) atoms. The minimum atomic E-state index is -1.79. The number of hydrogen-bond donors (Lipinski definition) is 4. The van der Waals surface area contributed by atoms with E-state index in [9.17, 15) is 8.60 Å². The molecule has 5 N–H and O–H groups in total. The van der Waals surface area contributed by atoms with E-state index in [-0.39, 0.29) is 11.8 Å². The molecule has 1 aromatic heterocycles. The van der Waals surface area contributed by atoms with Crippen molar-refractivity contribution >= 4 is 40.0 Å². The monoisotopic (exact) mass is 448 g/mol. The zero-order chi connectivity index (χ0) is 22.4. The third-order valence-corrected chi connectivity index (χ3v) is 4.48. The predicted octanol–water partition coefficient (Wildman–Crippen LogP) is 3.08. The maximum absolute atomic E-state index is 14.3. The molecule has 12 heteroatoms. The molecular weight excluding hydrogens is 427 g/mol. The number of aromatic nitrogens is 2. The molecule has 0 saturated heterocycles. The van der Waals surface area contributed by atoms with Crippen LogP contribution in [-0.4, -0.2) is 35.5 Å². The van der Waals surface area contributed by atoms with Gasteiger partial charge in [0, 0.05) is 17.8 Å². The molecule has 164 valence electrons. The average molecular weight is 448 g/mol. The predicted molar refractivity (Wildman–Crippen MR) is 117 cm³/mol. The first-order valence-electron chi connectivity index (χ1n) is 8.83. The number of nitrogens with one attached hydrogen (secondary N) is 3. The SMILES string of the molecule is COc1cc(Nc2ncc(F)c(Nc3ccccc3NS(N)=O)n2)cc(OC)c1OC. The van der Waals surface area contributed by atoms with Gasteiger partial charge in [0.2, 0.25) is 11.7 Å². The number of benzene rings is 2. The Morgan fingerprint density at radius 3 is 2.23 bits per heavy atom. The van der Waals surface area contributed by atoms with E-state index >= 15 is 0 Å². The van der Waals surface area contributed by atoms with E-state index < -0.39 is 17.0 Å². The zero-order valence-corrected chi connectivity index (χ0v) is 17.7. The molecule has 1 atom stereocenters. The van der Waals surface area contributed by atoms with E-state index in [1.54, 1.807) is 36.4 Å². The lowest BCUT2D eigenvalue weighted by Gasteiger charge is -2.15. The highest BCUT2D eigenvalue weighted by atomic mass is 32.2. The second-order valence-corrected chi connectivity index (χ2v) is 6.80. The standard InChI is InChI=1S/C19H21FN6O4S/c1-28-15-8-11(9-16(29-2)17(15)30-3)23-19-22-10-12(20)18(25-19)24-13-6-4-5-7-14(13)26-31(21)27/h4-10,26H,21H2,1-3H3,(H2,22,23,24,25). The summed E-state index contributed by atoms with van der Waals surface area (Å²) in [6.07, 6.45) is 1.02. The highest BCUT2D eigenvalue weighted by Gasteiger charge is 2.15. The molecule has 2 aromatic carbocycles. The Morgan fingerprint density at radius 2 is 1.65 bits per heavy atom. The number of rotatable bonds is 9. The van der Waals surface area contributed by atoms with Crippen molar-refractivity contribution in [2.75, 3.05) is 36.7 Å². The molecule has 0 spiro atoms. The van der Waals surface area contributed by atoms with E-state index in [4.69, 9.17) is 19.3 Å². The van der Waals surface area contributed by atoms with Crippen LogP contribution in [0, 0.1) is 5.82 Å². The summed E-state index contributed by atoms with van der Waals surface area (Å²) in [5, 5.41) is 11.1. The summed E-state index contributed by atoms with van der Waals surface area (Å²) >= 11 is -1.79. The van der Waals surface area contributed by atoms with Crippen molar-refractivity contribution in [2.45, 2.75) is 0 Å². The summed E-state index contributed by atoms with van der Waals surface area (Å²) in [5.41, 5.74) is 1.38.